The molecule has 35 heavy (non-hydrogen) atoms. The molecule has 0 aliphatic carbocycles. The molecule has 1 fully saturated rings. The average molecular weight is 472 g/mol. The van der Waals surface area contributed by atoms with E-state index < -0.39 is 6.04 Å². The fraction of sp³-hybridized carbons (Fsp3) is 0.222. The predicted octanol–water partition coefficient (Wildman–Crippen LogP) is 4.11. The van der Waals surface area contributed by atoms with E-state index in [1.165, 1.54) is 0 Å². The van der Waals surface area contributed by atoms with Crippen molar-refractivity contribution in [1.29, 1.82) is 0 Å². The third kappa shape index (κ3) is 5.43. The van der Waals surface area contributed by atoms with E-state index >= 15 is 0 Å². The Kier molecular flexibility index (Phi) is 7.30. The van der Waals surface area contributed by atoms with Crippen molar-refractivity contribution in [1.82, 2.24) is 0 Å². The zero-order chi connectivity index (χ0) is 24.8. The summed E-state index contributed by atoms with van der Waals surface area (Å²) in [5, 5.41) is 15.4. The van der Waals surface area contributed by atoms with E-state index in [0.717, 1.165) is 36.3 Å². The van der Waals surface area contributed by atoms with Crippen molar-refractivity contribution in [2.24, 2.45) is 10.9 Å². The van der Waals surface area contributed by atoms with Crippen LogP contribution >= 0.6 is 0 Å². The number of carbonyl (C=O) groups excluding carboxylic acids is 2. The highest BCUT2D eigenvalue weighted by Gasteiger charge is 2.26. The summed E-state index contributed by atoms with van der Waals surface area (Å²) in [7, 11) is 1.73. The lowest BCUT2D eigenvalue weighted by Gasteiger charge is -2.28. The van der Waals surface area contributed by atoms with Gasteiger partial charge < -0.3 is 26.1 Å². The molecule has 0 radical (unpaired) electrons. The van der Waals surface area contributed by atoms with Gasteiger partial charge in [0.15, 0.2) is 5.84 Å². The highest BCUT2D eigenvalue weighted by Crippen LogP contribution is 2.27. The SMILES string of the molecule is CN(C(=O)C(Nc1cccc(/C(N)=N/O)c1)c1ccccc1)c1ccc(N2CCCCC2=O)cc1. The topological polar surface area (TPSA) is 111 Å². The van der Waals surface area contributed by atoms with Crippen molar-refractivity contribution in [3.63, 3.8) is 0 Å². The van der Waals surface area contributed by atoms with Crippen molar-refractivity contribution < 1.29 is 14.8 Å². The molecule has 1 atom stereocenters. The fourth-order valence-electron chi connectivity index (χ4n) is 4.18. The van der Waals surface area contributed by atoms with Crippen LogP contribution in [-0.4, -0.2) is 36.4 Å². The Morgan fingerprint density at radius 2 is 1.80 bits per heavy atom. The summed E-state index contributed by atoms with van der Waals surface area (Å²) in [6, 6.07) is 23.3. The first-order valence-corrected chi connectivity index (χ1v) is 11.6. The molecule has 8 heteroatoms. The molecule has 1 unspecified atom stereocenters. The number of carbonyl (C=O) groups is 2. The van der Waals surface area contributed by atoms with Crippen molar-refractivity contribution in [3.05, 3.63) is 90.0 Å². The van der Waals surface area contributed by atoms with Crippen LogP contribution in [0, 0.1) is 0 Å². The number of benzene rings is 3. The Labute approximate surface area is 204 Å². The molecular formula is C27H29N5O3. The Morgan fingerprint density at radius 3 is 2.49 bits per heavy atom. The van der Waals surface area contributed by atoms with Crippen LogP contribution < -0.4 is 20.9 Å². The largest absolute Gasteiger partial charge is 0.409 e. The molecule has 3 aromatic rings. The van der Waals surface area contributed by atoms with Crippen LogP contribution in [0.2, 0.25) is 0 Å². The zero-order valence-corrected chi connectivity index (χ0v) is 19.6. The highest BCUT2D eigenvalue weighted by molar-refractivity contribution is 6.00. The Balaban J connectivity index is 1.58. The molecule has 3 aromatic carbocycles. The van der Waals surface area contributed by atoms with Crippen LogP contribution in [-0.2, 0) is 9.59 Å². The van der Waals surface area contributed by atoms with E-state index in [4.69, 9.17) is 10.9 Å². The quantitative estimate of drug-likeness (QED) is 0.208. The normalized spacial score (nSPS) is 14.9. The van der Waals surface area contributed by atoms with Gasteiger partial charge in [-0.25, -0.2) is 0 Å². The van der Waals surface area contributed by atoms with E-state index in [-0.39, 0.29) is 17.6 Å². The molecule has 0 aromatic heterocycles. The van der Waals surface area contributed by atoms with Gasteiger partial charge in [-0.3, -0.25) is 9.59 Å². The molecule has 0 saturated carbocycles. The summed E-state index contributed by atoms with van der Waals surface area (Å²) in [4.78, 5) is 29.3. The number of nitrogens with zero attached hydrogens (tertiary/aromatic N) is 3. The van der Waals surface area contributed by atoms with Gasteiger partial charge in [0, 0.05) is 42.6 Å². The molecule has 0 spiro atoms. The van der Waals surface area contributed by atoms with Gasteiger partial charge in [0.25, 0.3) is 5.91 Å². The van der Waals surface area contributed by atoms with Gasteiger partial charge in [-0.1, -0.05) is 47.6 Å². The first-order chi connectivity index (χ1) is 17.0. The van der Waals surface area contributed by atoms with E-state index in [1.807, 2.05) is 60.7 Å². The number of likely N-dealkylation sites (N-methyl/N-ethyl adjacent to an activating group) is 1. The highest BCUT2D eigenvalue weighted by atomic mass is 16.4. The van der Waals surface area contributed by atoms with E-state index in [9.17, 15) is 9.59 Å². The maximum absolute atomic E-state index is 13.7. The summed E-state index contributed by atoms with van der Waals surface area (Å²) in [6.45, 7) is 0.720. The molecular weight excluding hydrogens is 442 g/mol. The third-order valence-corrected chi connectivity index (χ3v) is 6.16. The molecule has 1 aliphatic heterocycles. The van der Waals surface area contributed by atoms with Gasteiger partial charge in [0.2, 0.25) is 5.91 Å². The van der Waals surface area contributed by atoms with E-state index in [1.54, 1.807) is 35.0 Å². The summed E-state index contributed by atoms with van der Waals surface area (Å²) >= 11 is 0. The molecule has 180 valence electrons. The van der Waals surface area contributed by atoms with Crippen LogP contribution in [0.1, 0.15) is 36.4 Å². The molecule has 0 bridgehead atoms. The minimum Gasteiger partial charge on any atom is -0.409 e. The van der Waals surface area contributed by atoms with Crippen LogP contribution in [0.4, 0.5) is 17.1 Å². The third-order valence-electron chi connectivity index (χ3n) is 6.16. The number of hydrogen-bond acceptors (Lipinski definition) is 5. The second kappa shape index (κ2) is 10.7. The number of hydrogen-bond donors (Lipinski definition) is 3. The maximum atomic E-state index is 13.7. The van der Waals surface area contributed by atoms with Crippen molar-refractivity contribution in [3.8, 4) is 0 Å². The number of oxime groups is 1. The zero-order valence-electron chi connectivity index (χ0n) is 19.6. The lowest BCUT2D eigenvalue weighted by atomic mass is 10.0. The number of amides is 2. The summed E-state index contributed by atoms with van der Waals surface area (Å²) in [5.74, 6) is -0.0382. The minimum atomic E-state index is -0.674. The van der Waals surface area contributed by atoms with Gasteiger partial charge in [-0.15, -0.1) is 0 Å². The first kappa shape index (κ1) is 23.8. The maximum Gasteiger partial charge on any atom is 0.253 e. The summed E-state index contributed by atoms with van der Waals surface area (Å²) in [5.41, 5.74) is 9.29. The van der Waals surface area contributed by atoms with E-state index in [0.29, 0.717) is 17.7 Å². The molecule has 1 saturated heterocycles. The van der Waals surface area contributed by atoms with Crippen molar-refractivity contribution in [2.75, 3.05) is 28.7 Å². The first-order valence-electron chi connectivity index (χ1n) is 11.6. The number of piperidine rings is 1. The number of nitrogens with two attached hydrogens (primary N) is 1. The molecule has 4 rings (SSSR count). The molecule has 2 amide bonds. The van der Waals surface area contributed by atoms with Crippen LogP contribution in [0.5, 0.6) is 0 Å². The number of nitrogens with one attached hydrogen (secondary N) is 1. The smallest absolute Gasteiger partial charge is 0.253 e. The van der Waals surface area contributed by atoms with Crippen molar-refractivity contribution >= 4 is 34.7 Å². The molecule has 1 aliphatic rings. The van der Waals surface area contributed by atoms with Gasteiger partial charge in [0.1, 0.15) is 6.04 Å². The molecule has 8 nitrogen and oxygen atoms in total. The van der Waals surface area contributed by atoms with Crippen LogP contribution in [0.15, 0.2) is 84.0 Å². The van der Waals surface area contributed by atoms with Gasteiger partial charge in [-0.2, -0.15) is 0 Å². The molecule has 1 heterocycles. The number of rotatable bonds is 7. The second-order valence-corrected chi connectivity index (χ2v) is 8.47. The van der Waals surface area contributed by atoms with Crippen LogP contribution in [0.3, 0.4) is 0 Å². The summed E-state index contributed by atoms with van der Waals surface area (Å²) in [6.07, 6.45) is 2.50. The molecule has 4 N–H and O–H groups in total. The summed E-state index contributed by atoms with van der Waals surface area (Å²) < 4.78 is 0. The van der Waals surface area contributed by atoms with E-state index in [2.05, 4.69) is 10.5 Å². The lowest BCUT2D eigenvalue weighted by molar-refractivity contribution is -0.120. The minimum absolute atomic E-state index is 0.0133. The monoisotopic (exact) mass is 471 g/mol. The van der Waals surface area contributed by atoms with Gasteiger partial charge >= 0.3 is 0 Å². The number of amidine groups is 1. The number of anilines is 3. The van der Waals surface area contributed by atoms with Crippen LogP contribution in [0.25, 0.3) is 0 Å². The standard InChI is InChI=1S/C27H29N5O3/c1-31(22-13-15-23(16-14-22)32-17-6-5-12-24(32)33)27(34)25(19-8-3-2-4-9-19)29-21-11-7-10-20(18-21)26(28)30-35/h2-4,7-11,13-16,18,25,29,35H,5-6,12,17H2,1H3,(H2,28,30). The van der Waals surface area contributed by atoms with Gasteiger partial charge in [0.05, 0.1) is 0 Å². The average Bonchev–Trinajstić information content (AvgIpc) is 2.91. The Bertz CT molecular complexity index is 1210. The fourth-order valence-corrected chi connectivity index (χ4v) is 4.18. The Morgan fingerprint density at radius 1 is 1.06 bits per heavy atom. The lowest BCUT2D eigenvalue weighted by Crippen LogP contribution is -2.36. The van der Waals surface area contributed by atoms with Gasteiger partial charge in [-0.05, 0) is 54.8 Å². The van der Waals surface area contributed by atoms with Crippen molar-refractivity contribution in [2.45, 2.75) is 25.3 Å². The Hall–Kier alpha value is -4.33. The predicted molar refractivity (Wildman–Crippen MR) is 138 cm³/mol. The second-order valence-electron chi connectivity index (χ2n) is 8.47.